The summed E-state index contributed by atoms with van der Waals surface area (Å²) in [6, 6.07) is 34.2. The summed E-state index contributed by atoms with van der Waals surface area (Å²) in [6.07, 6.45) is 3.62. The minimum atomic E-state index is 0.141. The van der Waals surface area contributed by atoms with Crippen LogP contribution in [0.3, 0.4) is 0 Å². The lowest BCUT2D eigenvalue weighted by Gasteiger charge is -2.41. The Kier molecular flexibility index (Phi) is 3.97. The van der Waals surface area contributed by atoms with Gasteiger partial charge >= 0.3 is 0 Å². The lowest BCUT2D eigenvalue weighted by Crippen LogP contribution is -2.45. The van der Waals surface area contributed by atoms with Gasteiger partial charge < -0.3 is 4.90 Å². The number of nitrogens with zero attached hydrogens (tertiary/aromatic N) is 1. The van der Waals surface area contributed by atoms with Gasteiger partial charge in [-0.2, -0.15) is 0 Å². The SMILES string of the molecule is CC1CCC2c3cc(-c4ccc5c(c4)Cc4ccccc4-5)ccc3N(c3ccccc3)C12C. The van der Waals surface area contributed by atoms with E-state index in [0.717, 1.165) is 6.42 Å². The van der Waals surface area contributed by atoms with Crippen LogP contribution in [-0.4, -0.2) is 5.54 Å². The number of hydrogen-bond acceptors (Lipinski definition) is 1. The van der Waals surface area contributed by atoms with E-state index in [1.165, 1.54) is 63.2 Å². The molecule has 162 valence electrons. The molecule has 0 saturated heterocycles. The fourth-order valence-electron chi connectivity index (χ4n) is 6.99. The standard InChI is InChI=1S/C32H29N/c1-21-12-16-30-29-20-23(14-17-31(29)33(32(21,30)2)26-9-4-3-5-10-26)22-13-15-28-25(18-22)19-24-8-6-7-11-27(24)28/h3-11,13-15,17-18,20-21,30H,12,16,19H2,1-2H3. The molecule has 0 aromatic heterocycles. The van der Waals surface area contributed by atoms with E-state index < -0.39 is 0 Å². The Bertz CT molecular complexity index is 1390. The zero-order valence-corrected chi connectivity index (χ0v) is 19.4. The van der Waals surface area contributed by atoms with Crippen LogP contribution in [0.15, 0.2) is 91.0 Å². The van der Waals surface area contributed by atoms with Gasteiger partial charge in [0.2, 0.25) is 0 Å². The fourth-order valence-corrected chi connectivity index (χ4v) is 6.99. The van der Waals surface area contributed by atoms with Crippen molar-refractivity contribution >= 4 is 11.4 Å². The molecular weight excluding hydrogens is 398 g/mol. The lowest BCUT2D eigenvalue weighted by molar-refractivity contribution is 0.355. The summed E-state index contributed by atoms with van der Waals surface area (Å²) in [5, 5.41) is 0. The first kappa shape index (κ1) is 19.2. The van der Waals surface area contributed by atoms with Crippen LogP contribution in [0.5, 0.6) is 0 Å². The highest BCUT2D eigenvalue weighted by molar-refractivity contribution is 5.83. The van der Waals surface area contributed by atoms with Crippen LogP contribution in [0.1, 0.15) is 49.3 Å². The molecule has 3 aliphatic rings. The first-order valence-corrected chi connectivity index (χ1v) is 12.4. The maximum atomic E-state index is 2.65. The summed E-state index contributed by atoms with van der Waals surface area (Å²) >= 11 is 0. The van der Waals surface area contributed by atoms with Crippen LogP contribution < -0.4 is 4.90 Å². The van der Waals surface area contributed by atoms with Gasteiger partial charge in [0.25, 0.3) is 0 Å². The minimum absolute atomic E-state index is 0.141. The summed E-state index contributed by atoms with van der Waals surface area (Å²) < 4.78 is 0. The maximum absolute atomic E-state index is 2.65. The molecule has 4 aromatic carbocycles. The van der Waals surface area contributed by atoms with E-state index >= 15 is 0 Å². The Balaban J connectivity index is 1.33. The van der Waals surface area contributed by atoms with Gasteiger partial charge in [-0.05, 0) is 95.3 Å². The number of benzene rings is 4. The number of anilines is 2. The van der Waals surface area contributed by atoms with Crippen LogP contribution >= 0.6 is 0 Å². The van der Waals surface area contributed by atoms with Gasteiger partial charge in [0, 0.05) is 17.3 Å². The molecule has 33 heavy (non-hydrogen) atoms. The molecule has 0 spiro atoms. The predicted molar refractivity (Wildman–Crippen MR) is 138 cm³/mol. The second-order valence-corrected chi connectivity index (χ2v) is 10.4. The molecular formula is C32H29N. The topological polar surface area (TPSA) is 3.24 Å². The average molecular weight is 428 g/mol. The summed E-state index contributed by atoms with van der Waals surface area (Å²) in [4.78, 5) is 2.65. The van der Waals surface area contributed by atoms with E-state index in [2.05, 4.69) is 110 Å². The molecule has 0 N–H and O–H groups in total. The Labute approximate surface area is 196 Å². The second kappa shape index (κ2) is 6.84. The van der Waals surface area contributed by atoms with Crippen molar-refractivity contribution in [1.82, 2.24) is 0 Å². The number of fused-ring (bicyclic) bond motifs is 6. The third-order valence-corrected chi connectivity index (χ3v) is 8.86. The van der Waals surface area contributed by atoms with E-state index in [1.807, 2.05) is 0 Å². The van der Waals surface area contributed by atoms with Crippen molar-refractivity contribution in [1.29, 1.82) is 0 Å². The van der Waals surface area contributed by atoms with Gasteiger partial charge in [0.15, 0.2) is 0 Å². The van der Waals surface area contributed by atoms with Crippen LogP contribution in [-0.2, 0) is 6.42 Å². The number of para-hydroxylation sites is 1. The van der Waals surface area contributed by atoms with E-state index in [1.54, 1.807) is 0 Å². The molecule has 1 heteroatoms. The second-order valence-electron chi connectivity index (χ2n) is 10.4. The molecule has 2 aliphatic carbocycles. The van der Waals surface area contributed by atoms with E-state index in [0.29, 0.717) is 11.8 Å². The van der Waals surface area contributed by atoms with E-state index in [9.17, 15) is 0 Å². The Morgan fingerprint density at radius 1 is 0.727 bits per heavy atom. The third kappa shape index (κ3) is 2.60. The van der Waals surface area contributed by atoms with Crippen molar-refractivity contribution in [3.05, 3.63) is 108 Å². The summed E-state index contributed by atoms with van der Waals surface area (Å²) in [5.41, 5.74) is 12.8. The largest absolute Gasteiger partial charge is 0.334 e. The molecule has 3 atom stereocenters. The van der Waals surface area contributed by atoms with Crippen molar-refractivity contribution in [2.45, 2.75) is 44.6 Å². The van der Waals surface area contributed by atoms with Gasteiger partial charge in [-0.3, -0.25) is 0 Å². The molecule has 1 aliphatic heterocycles. The van der Waals surface area contributed by atoms with Crippen molar-refractivity contribution in [2.75, 3.05) is 4.90 Å². The average Bonchev–Trinajstić information content (AvgIpc) is 3.45. The molecule has 1 nitrogen and oxygen atoms in total. The lowest BCUT2D eigenvalue weighted by atomic mass is 9.81. The molecule has 7 rings (SSSR count). The highest BCUT2D eigenvalue weighted by Gasteiger charge is 2.55. The molecule has 4 aromatic rings. The molecule has 0 amide bonds. The molecule has 1 fully saturated rings. The van der Waals surface area contributed by atoms with Crippen LogP contribution in [0, 0.1) is 5.92 Å². The van der Waals surface area contributed by atoms with Crippen molar-refractivity contribution in [3.63, 3.8) is 0 Å². The van der Waals surface area contributed by atoms with Crippen LogP contribution in [0.2, 0.25) is 0 Å². The normalized spacial score (nSPS) is 24.4. The zero-order chi connectivity index (χ0) is 22.2. The molecule has 1 saturated carbocycles. The van der Waals surface area contributed by atoms with E-state index in [-0.39, 0.29) is 5.54 Å². The molecule has 0 radical (unpaired) electrons. The van der Waals surface area contributed by atoms with Crippen molar-refractivity contribution < 1.29 is 0 Å². The van der Waals surface area contributed by atoms with Gasteiger partial charge in [-0.15, -0.1) is 0 Å². The molecule has 3 unspecified atom stereocenters. The summed E-state index contributed by atoms with van der Waals surface area (Å²) in [6.45, 7) is 4.94. The smallest absolute Gasteiger partial charge is 0.0518 e. The monoisotopic (exact) mass is 427 g/mol. The summed E-state index contributed by atoms with van der Waals surface area (Å²) in [7, 11) is 0. The Morgan fingerprint density at radius 3 is 2.33 bits per heavy atom. The first-order valence-electron chi connectivity index (χ1n) is 12.4. The number of hydrogen-bond donors (Lipinski definition) is 0. The minimum Gasteiger partial charge on any atom is -0.334 e. The van der Waals surface area contributed by atoms with Gasteiger partial charge in [0.1, 0.15) is 0 Å². The van der Waals surface area contributed by atoms with E-state index in [4.69, 9.17) is 0 Å². The summed E-state index contributed by atoms with van der Waals surface area (Å²) in [5.74, 6) is 1.25. The van der Waals surface area contributed by atoms with Gasteiger partial charge in [0.05, 0.1) is 5.54 Å². The van der Waals surface area contributed by atoms with Crippen LogP contribution in [0.25, 0.3) is 22.3 Å². The van der Waals surface area contributed by atoms with Crippen LogP contribution in [0.4, 0.5) is 11.4 Å². The Hall–Kier alpha value is -3.32. The zero-order valence-electron chi connectivity index (χ0n) is 19.4. The highest BCUT2D eigenvalue weighted by Crippen LogP contribution is 2.61. The fraction of sp³-hybridized carbons (Fsp3) is 0.250. The van der Waals surface area contributed by atoms with Gasteiger partial charge in [-0.1, -0.05) is 73.7 Å². The Morgan fingerprint density at radius 2 is 1.45 bits per heavy atom. The maximum Gasteiger partial charge on any atom is 0.0518 e. The van der Waals surface area contributed by atoms with Crippen molar-refractivity contribution in [3.8, 4) is 22.3 Å². The number of rotatable bonds is 2. The quantitative estimate of drug-likeness (QED) is 0.274. The molecule has 0 bridgehead atoms. The first-order chi connectivity index (χ1) is 16.1. The predicted octanol–water partition coefficient (Wildman–Crippen LogP) is 8.35. The third-order valence-electron chi connectivity index (χ3n) is 8.86. The highest BCUT2D eigenvalue weighted by atomic mass is 15.2. The van der Waals surface area contributed by atoms with Crippen molar-refractivity contribution in [2.24, 2.45) is 5.92 Å². The van der Waals surface area contributed by atoms with Gasteiger partial charge in [-0.25, -0.2) is 0 Å². The molecule has 1 heterocycles.